The Morgan fingerprint density at radius 3 is 2.55 bits per heavy atom. The Bertz CT molecular complexity index is 1020. The molecular formula is C22H23N7O2. The van der Waals surface area contributed by atoms with Gasteiger partial charge in [-0.3, -0.25) is 4.90 Å². The summed E-state index contributed by atoms with van der Waals surface area (Å²) < 4.78 is 5.82. The molecule has 2 aliphatic rings. The molecule has 1 amide bonds. The van der Waals surface area contributed by atoms with Crippen LogP contribution in [0.15, 0.2) is 55.2 Å². The summed E-state index contributed by atoms with van der Waals surface area (Å²) in [4.78, 5) is 27.2. The molecule has 1 saturated carbocycles. The molecule has 3 aromatic heterocycles. The third-order valence-corrected chi connectivity index (χ3v) is 6.03. The van der Waals surface area contributed by atoms with Crippen LogP contribution in [0.25, 0.3) is 11.1 Å². The quantitative estimate of drug-likeness (QED) is 0.674. The summed E-state index contributed by atoms with van der Waals surface area (Å²) in [5.74, 6) is 1.75. The molecule has 0 unspecified atom stereocenters. The van der Waals surface area contributed by atoms with Crippen molar-refractivity contribution >= 4 is 17.9 Å². The summed E-state index contributed by atoms with van der Waals surface area (Å²) in [6, 6.07) is 7.44. The number of carbonyl (C=O) groups is 1. The van der Waals surface area contributed by atoms with Crippen molar-refractivity contribution < 1.29 is 9.53 Å². The molecule has 9 heteroatoms. The van der Waals surface area contributed by atoms with E-state index in [-0.39, 0.29) is 6.09 Å². The van der Waals surface area contributed by atoms with E-state index in [9.17, 15) is 4.79 Å². The molecule has 1 spiro atoms. The molecule has 1 N–H and O–H groups in total. The number of ether oxygens (including phenoxy) is 1. The van der Waals surface area contributed by atoms with Crippen LogP contribution in [0.5, 0.6) is 0 Å². The van der Waals surface area contributed by atoms with Gasteiger partial charge in [0.25, 0.3) is 0 Å². The van der Waals surface area contributed by atoms with E-state index in [0.717, 1.165) is 43.4 Å². The van der Waals surface area contributed by atoms with Crippen molar-refractivity contribution in [3.63, 3.8) is 0 Å². The smallest absolute Gasteiger partial charge is 0.416 e. The minimum absolute atomic E-state index is 0.298. The first-order valence-corrected chi connectivity index (χ1v) is 10.5. The summed E-state index contributed by atoms with van der Waals surface area (Å²) >= 11 is 0. The number of nitrogens with zero attached hydrogens (tertiary/aromatic N) is 6. The maximum absolute atomic E-state index is 12.4. The second kappa shape index (κ2) is 8.25. The van der Waals surface area contributed by atoms with Gasteiger partial charge in [0.05, 0.1) is 18.9 Å². The number of nitrogens with one attached hydrogen (secondary N) is 1. The number of pyridine rings is 1. The van der Waals surface area contributed by atoms with E-state index >= 15 is 0 Å². The topological polar surface area (TPSA) is 106 Å². The maximum Gasteiger partial charge on any atom is 0.416 e. The van der Waals surface area contributed by atoms with E-state index in [1.165, 1.54) is 0 Å². The fourth-order valence-corrected chi connectivity index (χ4v) is 4.25. The fourth-order valence-electron chi connectivity index (χ4n) is 4.25. The van der Waals surface area contributed by atoms with Gasteiger partial charge in [-0.1, -0.05) is 6.07 Å². The lowest BCUT2D eigenvalue weighted by Crippen LogP contribution is -2.39. The van der Waals surface area contributed by atoms with Crippen LogP contribution in [-0.2, 0) is 4.74 Å². The van der Waals surface area contributed by atoms with E-state index in [2.05, 4.69) is 30.5 Å². The fraction of sp³-hybridized carbons (Fsp3) is 0.364. The molecule has 0 radical (unpaired) electrons. The molecule has 158 valence electrons. The normalized spacial score (nSPS) is 23.0. The van der Waals surface area contributed by atoms with Crippen LogP contribution in [-0.4, -0.2) is 49.9 Å². The molecule has 2 fully saturated rings. The average Bonchev–Trinajstić information content (AvgIpc) is 3.16. The SMILES string of the molecule is O=C1O[C@]2(CC[C@H](CNc3ncc(-c4ccnnc4)cn3)CC2)CN1c1ccccn1. The van der Waals surface area contributed by atoms with Gasteiger partial charge in [0.2, 0.25) is 5.95 Å². The first kappa shape index (κ1) is 19.3. The second-order valence-corrected chi connectivity index (χ2v) is 8.08. The minimum atomic E-state index is -0.401. The second-order valence-electron chi connectivity index (χ2n) is 8.08. The van der Waals surface area contributed by atoms with E-state index in [0.29, 0.717) is 24.2 Å². The molecule has 1 aliphatic carbocycles. The molecule has 3 aromatic rings. The van der Waals surface area contributed by atoms with Crippen LogP contribution in [0.1, 0.15) is 25.7 Å². The van der Waals surface area contributed by atoms with Crippen LogP contribution >= 0.6 is 0 Å². The number of carbonyl (C=O) groups excluding carboxylic acids is 1. The molecule has 1 aliphatic heterocycles. The Kier molecular flexibility index (Phi) is 5.15. The van der Waals surface area contributed by atoms with E-state index < -0.39 is 5.60 Å². The Labute approximate surface area is 179 Å². The Morgan fingerprint density at radius 2 is 1.84 bits per heavy atom. The van der Waals surface area contributed by atoms with Crippen molar-refractivity contribution in [2.24, 2.45) is 5.92 Å². The Morgan fingerprint density at radius 1 is 1.00 bits per heavy atom. The molecule has 9 nitrogen and oxygen atoms in total. The summed E-state index contributed by atoms with van der Waals surface area (Å²) in [7, 11) is 0. The van der Waals surface area contributed by atoms with Crippen LogP contribution < -0.4 is 10.2 Å². The molecule has 0 atom stereocenters. The molecule has 5 rings (SSSR count). The van der Waals surface area contributed by atoms with Crippen molar-refractivity contribution in [2.45, 2.75) is 31.3 Å². The predicted octanol–water partition coefficient (Wildman–Crippen LogP) is 3.33. The van der Waals surface area contributed by atoms with E-state index in [1.54, 1.807) is 35.9 Å². The van der Waals surface area contributed by atoms with Crippen LogP contribution in [0.4, 0.5) is 16.6 Å². The highest BCUT2D eigenvalue weighted by atomic mass is 16.6. The minimum Gasteiger partial charge on any atom is -0.441 e. The summed E-state index contributed by atoms with van der Waals surface area (Å²) in [5, 5.41) is 11.0. The highest BCUT2D eigenvalue weighted by Crippen LogP contribution is 2.40. The summed E-state index contributed by atoms with van der Waals surface area (Å²) in [6.07, 6.45) is 12.0. The maximum atomic E-state index is 12.4. The highest BCUT2D eigenvalue weighted by molar-refractivity contribution is 5.89. The van der Waals surface area contributed by atoms with Crippen molar-refractivity contribution in [1.29, 1.82) is 0 Å². The van der Waals surface area contributed by atoms with Gasteiger partial charge in [0, 0.05) is 36.3 Å². The van der Waals surface area contributed by atoms with Gasteiger partial charge >= 0.3 is 6.09 Å². The Hall–Kier alpha value is -3.62. The first-order valence-electron chi connectivity index (χ1n) is 10.5. The zero-order valence-corrected chi connectivity index (χ0v) is 17.0. The van der Waals surface area contributed by atoms with Gasteiger partial charge in [0.1, 0.15) is 11.4 Å². The molecule has 0 bridgehead atoms. The van der Waals surface area contributed by atoms with Gasteiger partial charge in [-0.15, -0.1) is 0 Å². The summed E-state index contributed by atoms with van der Waals surface area (Å²) in [6.45, 7) is 1.36. The number of aromatic nitrogens is 5. The lowest BCUT2D eigenvalue weighted by Gasteiger charge is -2.35. The zero-order chi connectivity index (χ0) is 21.1. The number of rotatable bonds is 5. The lowest BCUT2D eigenvalue weighted by atomic mass is 9.78. The first-order chi connectivity index (χ1) is 15.2. The number of hydrogen-bond donors (Lipinski definition) is 1. The van der Waals surface area contributed by atoms with Crippen LogP contribution in [0.3, 0.4) is 0 Å². The van der Waals surface area contributed by atoms with E-state index in [1.807, 2.05) is 24.3 Å². The largest absolute Gasteiger partial charge is 0.441 e. The molecule has 1 saturated heterocycles. The summed E-state index contributed by atoms with van der Waals surface area (Å²) in [5.41, 5.74) is 1.44. The van der Waals surface area contributed by atoms with Crippen molar-refractivity contribution in [1.82, 2.24) is 25.1 Å². The standard InChI is InChI=1S/C22H23N7O2/c30-21-29(19-3-1-2-9-23-19)15-22(31-21)7-4-16(5-8-22)11-24-20-25-12-18(13-26-20)17-6-10-27-28-14-17/h1-3,6,9-10,12-14,16H,4-5,7-8,11,15H2,(H,24,25,26)/t16-,22-. The van der Waals surface area contributed by atoms with Crippen molar-refractivity contribution in [3.8, 4) is 11.1 Å². The molecular weight excluding hydrogens is 394 g/mol. The molecule has 4 heterocycles. The van der Waals surface area contributed by atoms with Gasteiger partial charge in [0.15, 0.2) is 0 Å². The predicted molar refractivity (Wildman–Crippen MR) is 114 cm³/mol. The van der Waals surface area contributed by atoms with Crippen molar-refractivity contribution in [2.75, 3.05) is 23.3 Å². The van der Waals surface area contributed by atoms with Gasteiger partial charge in [-0.05, 0) is 49.8 Å². The van der Waals surface area contributed by atoms with Crippen LogP contribution in [0, 0.1) is 5.92 Å². The third kappa shape index (κ3) is 4.16. The Balaban J connectivity index is 1.14. The van der Waals surface area contributed by atoms with Gasteiger partial charge < -0.3 is 10.1 Å². The third-order valence-electron chi connectivity index (χ3n) is 6.03. The lowest BCUT2D eigenvalue weighted by molar-refractivity contribution is 0.0148. The van der Waals surface area contributed by atoms with Gasteiger partial charge in [-0.2, -0.15) is 10.2 Å². The molecule has 0 aromatic carbocycles. The molecule has 31 heavy (non-hydrogen) atoms. The van der Waals surface area contributed by atoms with Crippen LogP contribution in [0.2, 0.25) is 0 Å². The monoisotopic (exact) mass is 417 g/mol. The van der Waals surface area contributed by atoms with E-state index in [4.69, 9.17) is 4.74 Å². The number of amides is 1. The number of hydrogen-bond acceptors (Lipinski definition) is 8. The average molecular weight is 417 g/mol. The zero-order valence-electron chi connectivity index (χ0n) is 17.0. The van der Waals surface area contributed by atoms with Gasteiger partial charge in [-0.25, -0.2) is 19.7 Å². The number of anilines is 2. The van der Waals surface area contributed by atoms with Crippen molar-refractivity contribution in [3.05, 3.63) is 55.2 Å². The highest BCUT2D eigenvalue weighted by Gasteiger charge is 2.47.